The second kappa shape index (κ2) is 10.0. The fraction of sp³-hybridized carbons (Fsp3) is 0.579. The number of carbonyl (C=O) groups excluding carboxylic acids is 2. The fourth-order valence-electron chi connectivity index (χ4n) is 2.98. The lowest BCUT2D eigenvalue weighted by Gasteiger charge is -2.34. The van der Waals surface area contributed by atoms with E-state index in [2.05, 4.69) is 46.1 Å². The van der Waals surface area contributed by atoms with Crippen molar-refractivity contribution in [2.75, 3.05) is 39.8 Å². The van der Waals surface area contributed by atoms with Crippen LogP contribution in [0.2, 0.25) is 0 Å². The summed E-state index contributed by atoms with van der Waals surface area (Å²) in [5.74, 6) is -0.198. The van der Waals surface area contributed by atoms with E-state index >= 15 is 0 Å². The number of unbranched alkanes of at least 4 members (excludes halogenated alkanes) is 1. The van der Waals surface area contributed by atoms with Gasteiger partial charge in [0.25, 0.3) is 0 Å². The van der Waals surface area contributed by atoms with E-state index in [9.17, 15) is 9.59 Å². The van der Waals surface area contributed by atoms with E-state index in [1.54, 1.807) is 0 Å². The largest absolute Gasteiger partial charge is 0.469 e. The Balaban J connectivity index is 1.62. The van der Waals surface area contributed by atoms with E-state index in [0.29, 0.717) is 13.0 Å². The molecular weight excluding hydrogens is 318 g/mol. The van der Waals surface area contributed by atoms with E-state index in [-0.39, 0.29) is 12.0 Å². The molecular formula is C19H29N3O3. The van der Waals surface area contributed by atoms with Gasteiger partial charge in [-0.2, -0.15) is 0 Å². The fourth-order valence-corrected chi connectivity index (χ4v) is 2.98. The molecule has 1 N–H and O–H groups in total. The van der Waals surface area contributed by atoms with Gasteiger partial charge >= 0.3 is 12.0 Å². The molecule has 0 aromatic heterocycles. The van der Waals surface area contributed by atoms with Gasteiger partial charge in [-0.15, -0.1) is 0 Å². The third-order valence-electron chi connectivity index (χ3n) is 4.46. The number of ether oxygens (including phenoxy) is 1. The molecule has 2 rings (SSSR count). The highest BCUT2D eigenvalue weighted by atomic mass is 16.5. The standard InChI is InChI=1S/C19H29N3O3/c1-16-6-5-7-17(14-16)15-21-10-12-22(13-11-21)19(24)20-9-4-3-8-18(23)25-2/h5-7,14H,3-4,8-13,15H2,1-2H3,(H,20,24). The lowest BCUT2D eigenvalue weighted by molar-refractivity contribution is -0.140. The maximum absolute atomic E-state index is 12.2. The molecule has 0 saturated carbocycles. The molecule has 1 fully saturated rings. The van der Waals surface area contributed by atoms with E-state index in [0.717, 1.165) is 45.6 Å². The number of amides is 2. The quantitative estimate of drug-likeness (QED) is 0.606. The summed E-state index contributed by atoms with van der Waals surface area (Å²) in [5, 5.41) is 2.93. The van der Waals surface area contributed by atoms with Crippen LogP contribution in [0.25, 0.3) is 0 Å². The number of carbonyl (C=O) groups is 2. The highest BCUT2D eigenvalue weighted by Crippen LogP contribution is 2.10. The van der Waals surface area contributed by atoms with E-state index in [4.69, 9.17) is 0 Å². The number of benzene rings is 1. The zero-order chi connectivity index (χ0) is 18.1. The zero-order valence-corrected chi connectivity index (χ0v) is 15.3. The normalized spacial score (nSPS) is 15.0. The average molecular weight is 347 g/mol. The first-order valence-electron chi connectivity index (χ1n) is 8.96. The van der Waals surface area contributed by atoms with Crippen molar-refractivity contribution in [1.29, 1.82) is 0 Å². The lowest BCUT2D eigenvalue weighted by atomic mass is 10.1. The van der Waals surface area contributed by atoms with Crippen LogP contribution in [0.4, 0.5) is 4.79 Å². The van der Waals surface area contributed by atoms with Gasteiger partial charge in [0, 0.05) is 45.7 Å². The Bertz CT molecular complexity index is 569. The summed E-state index contributed by atoms with van der Waals surface area (Å²) >= 11 is 0. The van der Waals surface area contributed by atoms with Crippen molar-refractivity contribution in [1.82, 2.24) is 15.1 Å². The molecule has 1 aliphatic heterocycles. The van der Waals surface area contributed by atoms with Crippen LogP contribution in [0.1, 0.15) is 30.4 Å². The van der Waals surface area contributed by atoms with Crippen molar-refractivity contribution >= 4 is 12.0 Å². The van der Waals surface area contributed by atoms with Gasteiger partial charge in [-0.3, -0.25) is 9.69 Å². The molecule has 0 atom stereocenters. The second-order valence-corrected chi connectivity index (χ2v) is 6.52. The molecule has 1 aromatic rings. The summed E-state index contributed by atoms with van der Waals surface area (Å²) in [7, 11) is 1.39. The molecule has 138 valence electrons. The minimum absolute atomic E-state index is 0.00623. The number of esters is 1. The maximum atomic E-state index is 12.2. The molecule has 1 aromatic carbocycles. The first kappa shape index (κ1) is 19.2. The second-order valence-electron chi connectivity index (χ2n) is 6.52. The van der Waals surface area contributed by atoms with Crippen LogP contribution < -0.4 is 5.32 Å². The number of nitrogens with zero attached hydrogens (tertiary/aromatic N) is 2. The van der Waals surface area contributed by atoms with Crippen LogP contribution in [-0.2, 0) is 16.1 Å². The summed E-state index contributed by atoms with van der Waals surface area (Å²) in [6.07, 6.45) is 1.93. The Morgan fingerprint density at radius 2 is 1.92 bits per heavy atom. The summed E-state index contributed by atoms with van der Waals surface area (Å²) in [6, 6.07) is 8.56. The molecule has 1 heterocycles. The van der Waals surface area contributed by atoms with E-state index < -0.39 is 0 Å². The van der Waals surface area contributed by atoms with Gasteiger partial charge in [0.1, 0.15) is 0 Å². The van der Waals surface area contributed by atoms with Crippen LogP contribution in [0.3, 0.4) is 0 Å². The first-order valence-corrected chi connectivity index (χ1v) is 8.96. The van der Waals surface area contributed by atoms with Crippen molar-refractivity contribution in [3.8, 4) is 0 Å². The molecule has 6 nitrogen and oxygen atoms in total. The Morgan fingerprint density at radius 3 is 2.60 bits per heavy atom. The third-order valence-corrected chi connectivity index (χ3v) is 4.46. The molecule has 0 bridgehead atoms. The van der Waals surface area contributed by atoms with Gasteiger partial charge in [-0.05, 0) is 25.3 Å². The lowest BCUT2D eigenvalue weighted by Crippen LogP contribution is -2.51. The van der Waals surface area contributed by atoms with Crippen molar-refractivity contribution in [2.24, 2.45) is 0 Å². The number of nitrogens with one attached hydrogen (secondary N) is 1. The first-order chi connectivity index (χ1) is 12.1. The third kappa shape index (κ3) is 6.74. The summed E-state index contributed by atoms with van der Waals surface area (Å²) in [5.41, 5.74) is 2.60. The molecule has 25 heavy (non-hydrogen) atoms. The van der Waals surface area contributed by atoms with E-state index in [1.165, 1.54) is 18.2 Å². The van der Waals surface area contributed by atoms with Gasteiger partial charge < -0.3 is 15.0 Å². The Labute approximate surface area is 150 Å². The van der Waals surface area contributed by atoms with Gasteiger partial charge in [-0.25, -0.2) is 4.79 Å². The smallest absolute Gasteiger partial charge is 0.317 e. The maximum Gasteiger partial charge on any atom is 0.317 e. The predicted octanol–water partition coefficient (Wildman–Crippen LogP) is 2.17. The van der Waals surface area contributed by atoms with Gasteiger partial charge in [0.05, 0.1) is 7.11 Å². The van der Waals surface area contributed by atoms with Crippen LogP contribution in [0, 0.1) is 6.92 Å². The summed E-state index contributed by atoms with van der Waals surface area (Å²) < 4.78 is 4.59. The van der Waals surface area contributed by atoms with Crippen LogP contribution in [-0.4, -0.2) is 61.6 Å². The van der Waals surface area contributed by atoms with Crippen molar-refractivity contribution < 1.29 is 14.3 Å². The summed E-state index contributed by atoms with van der Waals surface area (Å²) in [6.45, 7) is 6.92. The topological polar surface area (TPSA) is 61.9 Å². The molecule has 1 saturated heterocycles. The van der Waals surface area contributed by atoms with E-state index in [1.807, 2.05) is 4.90 Å². The predicted molar refractivity (Wildman–Crippen MR) is 97.3 cm³/mol. The van der Waals surface area contributed by atoms with Gasteiger partial charge in [0.2, 0.25) is 0 Å². The minimum Gasteiger partial charge on any atom is -0.469 e. The number of urea groups is 1. The monoisotopic (exact) mass is 347 g/mol. The molecule has 6 heteroatoms. The molecule has 2 amide bonds. The number of hydrogen-bond donors (Lipinski definition) is 1. The molecule has 0 aliphatic carbocycles. The average Bonchev–Trinajstić information content (AvgIpc) is 2.61. The van der Waals surface area contributed by atoms with Crippen LogP contribution >= 0.6 is 0 Å². The number of aryl methyl sites for hydroxylation is 1. The number of rotatable bonds is 7. The SMILES string of the molecule is COC(=O)CCCCNC(=O)N1CCN(Cc2cccc(C)c2)CC1. The van der Waals surface area contributed by atoms with Crippen molar-refractivity contribution in [3.05, 3.63) is 35.4 Å². The Hall–Kier alpha value is -2.08. The highest BCUT2D eigenvalue weighted by molar-refractivity contribution is 5.74. The van der Waals surface area contributed by atoms with Crippen molar-refractivity contribution in [3.63, 3.8) is 0 Å². The zero-order valence-electron chi connectivity index (χ0n) is 15.3. The number of piperazine rings is 1. The Kier molecular flexibility index (Phi) is 7.73. The highest BCUT2D eigenvalue weighted by Gasteiger charge is 2.20. The van der Waals surface area contributed by atoms with Gasteiger partial charge in [-0.1, -0.05) is 29.8 Å². The molecule has 0 radical (unpaired) electrons. The van der Waals surface area contributed by atoms with Gasteiger partial charge in [0.15, 0.2) is 0 Å². The summed E-state index contributed by atoms with van der Waals surface area (Å²) in [4.78, 5) is 27.4. The number of hydrogen-bond acceptors (Lipinski definition) is 4. The molecule has 0 unspecified atom stereocenters. The minimum atomic E-state index is -0.198. The molecule has 0 spiro atoms. The van der Waals surface area contributed by atoms with Crippen LogP contribution in [0.15, 0.2) is 24.3 Å². The molecule has 1 aliphatic rings. The number of methoxy groups -OCH3 is 1. The van der Waals surface area contributed by atoms with Crippen LogP contribution in [0.5, 0.6) is 0 Å². The van der Waals surface area contributed by atoms with Crippen molar-refractivity contribution in [2.45, 2.75) is 32.7 Å². The Morgan fingerprint density at radius 1 is 1.16 bits per heavy atom.